The molecule has 2 aromatic carbocycles. The van der Waals surface area contributed by atoms with E-state index < -0.39 is 6.09 Å². The minimum atomic E-state index is -1.05. The molecule has 3 rings (SSSR count). The number of carbonyl (C=O) groups is 1. The van der Waals surface area contributed by atoms with Gasteiger partial charge in [0.1, 0.15) is 11.9 Å². The van der Waals surface area contributed by atoms with E-state index in [4.69, 9.17) is 21.4 Å². The molecule has 0 bridgehead atoms. The molecule has 0 spiro atoms. The third kappa shape index (κ3) is 2.95. The second-order valence-corrected chi connectivity index (χ2v) is 5.35. The Morgan fingerprint density at radius 3 is 2.76 bits per heavy atom. The molecule has 0 fully saturated rings. The van der Waals surface area contributed by atoms with Crippen LogP contribution in [0.15, 0.2) is 42.5 Å². The van der Waals surface area contributed by atoms with Crippen molar-refractivity contribution in [1.29, 1.82) is 0 Å². The maximum atomic E-state index is 10.5. The average molecular weight is 304 g/mol. The van der Waals surface area contributed by atoms with Gasteiger partial charge in [0.25, 0.3) is 0 Å². The SMILES string of the molecule is O=C(O)NCC1Cc2cc(-c3ccccc3)cc(Cl)c2O1. The van der Waals surface area contributed by atoms with Gasteiger partial charge >= 0.3 is 6.09 Å². The molecule has 108 valence electrons. The Kier molecular flexibility index (Phi) is 3.71. The molecule has 1 amide bonds. The Hall–Kier alpha value is -2.20. The summed E-state index contributed by atoms with van der Waals surface area (Å²) in [6, 6.07) is 13.9. The van der Waals surface area contributed by atoms with Crippen molar-refractivity contribution in [3.8, 4) is 16.9 Å². The molecular weight excluding hydrogens is 290 g/mol. The molecule has 0 aliphatic carbocycles. The number of fused-ring (bicyclic) bond motifs is 1. The van der Waals surface area contributed by atoms with Gasteiger partial charge in [-0.3, -0.25) is 0 Å². The van der Waals surface area contributed by atoms with Crippen LogP contribution in [0.25, 0.3) is 11.1 Å². The van der Waals surface area contributed by atoms with Crippen LogP contribution in [0.1, 0.15) is 5.56 Å². The molecule has 21 heavy (non-hydrogen) atoms. The molecule has 2 aromatic rings. The normalized spacial score (nSPS) is 16.1. The second-order valence-electron chi connectivity index (χ2n) is 4.94. The molecule has 4 nitrogen and oxygen atoms in total. The number of nitrogens with one attached hydrogen (secondary N) is 1. The van der Waals surface area contributed by atoms with Crippen molar-refractivity contribution in [2.75, 3.05) is 6.54 Å². The van der Waals surface area contributed by atoms with Gasteiger partial charge in [-0.05, 0) is 23.3 Å². The lowest BCUT2D eigenvalue weighted by Crippen LogP contribution is -2.33. The zero-order valence-electron chi connectivity index (χ0n) is 11.2. The van der Waals surface area contributed by atoms with E-state index in [-0.39, 0.29) is 12.6 Å². The van der Waals surface area contributed by atoms with Gasteiger partial charge in [-0.2, -0.15) is 0 Å². The Morgan fingerprint density at radius 2 is 2.05 bits per heavy atom. The van der Waals surface area contributed by atoms with Crippen LogP contribution in [0.2, 0.25) is 5.02 Å². The number of rotatable bonds is 3. The number of hydrogen-bond acceptors (Lipinski definition) is 2. The van der Waals surface area contributed by atoms with E-state index in [9.17, 15) is 4.79 Å². The van der Waals surface area contributed by atoms with E-state index in [0.29, 0.717) is 17.2 Å². The number of hydrogen-bond donors (Lipinski definition) is 2. The molecule has 0 aromatic heterocycles. The highest BCUT2D eigenvalue weighted by Gasteiger charge is 2.26. The fourth-order valence-electron chi connectivity index (χ4n) is 2.50. The minimum absolute atomic E-state index is 0.209. The van der Waals surface area contributed by atoms with Crippen LogP contribution >= 0.6 is 11.6 Å². The summed E-state index contributed by atoms with van der Waals surface area (Å²) in [5.74, 6) is 0.661. The quantitative estimate of drug-likeness (QED) is 0.911. The highest BCUT2D eigenvalue weighted by Crippen LogP contribution is 2.39. The number of amides is 1. The first kappa shape index (κ1) is 13.8. The molecule has 1 aliphatic rings. The Labute approximate surface area is 127 Å². The monoisotopic (exact) mass is 303 g/mol. The molecule has 1 aliphatic heterocycles. The molecule has 1 heterocycles. The maximum Gasteiger partial charge on any atom is 0.404 e. The largest absolute Gasteiger partial charge is 0.486 e. The zero-order chi connectivity index (χ0) is 14.8. The van der Waals surface area contributed by atoms with E-state index in [1.807, 2.05) is 36.4 Å². The molecule has 1 unspecified atom stereocenters. The van der Waals surface area contributed by atoms with Gasteiger partial charge in [-0.15, -0.1) is 0 Å². The first-order valence-corrected chi connectivity index (χ1v) is 7.02. The van der Waals surface area contributed by atoms with E-state index in [0.717, 1.165) is 16.7 Å². The Bertz CT molecular complexity index is 673. The highest BCUT2D eigenvalue weighted by atomic mass is 35.5. The summed E-state index contributed by atoms with van der Waals surface area (Å²) in [5, 5.41) is 11.5. The summed E-state index contributed by atoms with van der Waals surface area (Å²) in [7, 11) is 0. The van der Waals surface area contributed by atoms with Crippen molar-refractivity contribution in [2.45, 2.75) is 12.5 Å². The van der Waals surface area contributed by atoms with Crippen LogP contribution in [0.4, 0.5) is 4.79 Å². The number of ether oxygens (including phenoxy) is 1. The summed E-state index contributed by atoms with van der Waals surface area (Å²) in [6.07, 6.45) is -0.610. The zero-order valence-corrected chi connectivity index (χ0v) is 11.9. The van der Waals surface area contributed by atoms with Gasteiger partial charge in [0.05, 0.1) is 11.6 Å². The lowest BCUT2D eigenvalue weighted by Gasteiger charge is -2.10. The predicted octanol–water partition coefficient (Wildman–Crippen LogP) is 3.58. The lowest BCUT2D eigenvalue weighted by molar-refractivity contribution is 0.181. The molecule has 0 saturated carbocycles. The van der Waals surface area contributed by atoms with Crippen molar-refractivity contribution in [2.24, 2.45) is 0 Å². The second kappa shape index (κ2) is 5.66. The van der Waals surface area contributed by atoms with Gasteiger partial charge in [-0.25, -0.2) is 4.79 Å². The van der Waals surface area contributed by atoms with Crippen LogP contribution in [0, 0.1) is 0 Å². The standard InChI is InChI=1S/C16H14ClNO3/c17-14-8-11(10-4-2-1-3-5-10)6-12-7-13(21-15(12)14)9-18-16(19)20/h1-6,8,13,18H,7,9H2,(H,19,20). The van der Waals surface area contributed by atoms with Crippen molar-refractivity contribution < 1.29 is 14.6 Å². The van der Waals surface area contributed by atoms with Crippen LogP contribution in [-0.2, 0) is 6.42 Å². The molecule has 0 saturated heterocycles. The summed E-state index contributed by atoms with van der Waals surface area (Å²) < 4.78 is 5.72. The van der Waals surface area contributed by atoms with Gasteiger partial charge in [0, 0.05) is 12.0 Å². The van der Waals surface area contributed by atoms with Gasteiger partial charge in [-0.1, -0.05) is 41.9 Å². The van der Waals surface area contributed by atoms with Crippen LogP contribution in [-0.4, -0.2) is 23.8 Å². The molecule has 1 atom stereocenters. The van der Waals surface area contributed by atoms with E-state index in [1.165, 1.54) is 0 Å². The lowest BCUT2D eigenvalue weighted by atomic mass is 10.0. The predicted molar refractivity (Wildman–Crippen MR) is 81.0 cm³/mol. The summed E-state index contributed by atoms with van der Waals surface area (Å²) >= 11 is 6.29. The molecular formula is C16H14ClNO3. The highest BCUT2D eigenvalue weighted by molar-refractivity contribution is 6.32. The van der Waals surface area contributed by atoms with Gasteiger partial charge in [0.2, 0.25) is 0 Å². The third-order valence-corrected chi connectivity index (χ3v) is 3.72. The summed E-state index contributed by atoms with van der Waals surface area (Å²) in [4.78, 5) is 10.5. The van der Waals surface area contributed by atoms with Crippen LogP contribution in [0.5, 0.6) is 5.75 Å². The average Bonchev–Trinajstić information content (AvgIpc) is 2.90. The fourth-order valence-corrected chi connectivity index (χ4v) is 2.78. The summed E-state index contributed by atoms with van der Waals surface area (Å²) in [5.41, 5.74) is 3.14. The van der Waals surface area contributed by atoms with Gasteiger partial charge in [0.15, 0.2) is 0 Å². The Balaban J connectivity index is 1.84. The van der Waals surface area contributed by atoms with Gasteiger partial charge < -0.3 is 15.2 Å². The number of halogens is 1. The van der Waals surface area contributed by atoms with Crippen LogP contribution < -0.4 is 10.1 Å². The molecule has 5 heteroatoms. The first-order chi connectivity index (χ1) is 10.1. The van der Waals surface area contributed by atoms with E-state index in [1.54, 1.807) is 0 Å². The maximum absolute atomic E-state index is 10.5. The van der Waals surface area contributed by atoms with Crippen LogP contribution in [0.3, 0.4) is 0 Å². The molecule has 0 radical (unpaired) electrons. The first-order valence-electron chi connectivity index (χ1n) is 6.65. The topological polar surface area (TPSA) is 58.6 Å². The third-order valence-electron chi connectivity index (χ3n) is 3.44. The van der Waals surface area contributed by atoms with Crippen molar-refractivity contribution in [3.05, 3.63) is 53.1 Å². The van der Waals surface area contributed by atoms with E-state index in [2.05, 4.69) is 11.4 Å². The van der Waals surface area contributed by atoms with E-state index >= 15 is 0 Å². The van der Waals surface area contributed by atoms with Crippen molar-refractivity contribution >= 4 is 17.7 Å². The Morgan fingerprint density at radius 1 is 1.29 bits per heavy atom. The van der Waals surface area contributed by atoms with Crippen molar-refractivity contribution in [3.63, 3.8) is 0 Å². The summed E-state index contributed by atoms with van der Waals surface area (Å²) in [6.45, 7) is 0.251. The number of carboxylic acid groups (broad SMARTS) is 1. The minimum Gasteiger partial charge on any atom is -0.486 e. The van der Waals surface area contributed by atoms with Crippen molar-refractivity contribution in [1.82, 2.24) is 5.32 Å². The number of benzene rings is 2. The molecule has 2 N–H and O–H groups in total. The fraction of sp³-hybridized carbons (Fsp3) is 0.188. The smallest absolute Gasteiger partial charge is 0.404 e.